The fourth-order valence-electron chi connectivity index (χ4n) is 0. The summed E-state index contributed by atoms with van der Waals surface area (Å²) in [6.45, 7) is 0. The van der Waals surface area contributed by atoms with E-state index >= 15 is 0 Å². The maximum atomic E-state index is 0. The van der Waals surface area contributed by atoms with Gasteiger partial charge < -0.3 is 0 Å². The second-order valence-corrected chi connectivity index (χ2v) is 0. The van der Waals surface area contributed by atoms with Crippen molar-refractivity contribution in [2.45, 2.75) is 0 Å². The van der Waals surface area contributed by atoms with Crippen molar-refractivity contribution in [2.24, 2.45) is 0 Å². The summed E-state index contributed by atoms with van der Waals surface area (Å²) in [6.07, 6.45) is 0. The van der Waals surface area contributed by atoms with Crippen LogP contribution in [0.15, 0.2) is 0 Å². The zero-order valence-electron chi connectivity index (χ0n) is 3.45. The van der Waals surface area contributed by atoms with Crippen molar-refractivity contribution in [3.05, 3.63) is 0 Å². The topological polar surface area (TPSA) is 0 Å². The van der Waals surface area contributed by atoms with Gasteiger partial charge in [-0.25, -0.2) is 0 Å². The van der Waals surface area contributed by atoms with Gasteiger partial charge in [-0.05, 0) is 0 Å². The van der Waals surface area contributed by atoms with Gasteiger partial charge >= 0.3 is 0 Å². The van der Waals surface area contributed by atoms with Crippen molar-refractivity contribution in [1.82, 2.24) is 0 Å². The third-order valence-electron chi connectivity index (χ3n) is 0. The molecule has 0 bridgehead atoms. The second kappa shape index (κ2) is 15.7. The zero-order chi connectivity index (χ0) is 0. The van der Waals surface area contributed by atoms with E-state index in [1.54, 1.807) is 0 Å². The summed E-state index contributed by atoms with van der Waals surface area (Å²) >= 11 is 0. The van der Waals surface area contributed by atoms with E-state index in [2.05, 4.69) is 0 Å². The van der Waals surface area contributed by atoms with Crippen LogP contribution in [0.2, 0.25) is 0 Å². The first-order chi connectivity index (χ1) is 0. The Morgan fingerprint density at radius 3 is 1.00 bits per heavy atom. The van der Waals surface area contributed by atoms with Gasteiger partial charge in [-0.15, -0.1) is 0 Å². The number of rotatable bonds is 0. The fourth-order valence-corrected chi connectivity index (χ4v) is 0. The summed E-state index contributed by atoms with van der Waals surface area (Å²) in [7, 11) is 0. The largest absolute Gasteiger partial charge is 0 e. The van der Waals surface area contributed by atoms with Crippen molar-refractivity contribution in [3.8, 4) is 0 Å². The van der Waals surface area contributed by atoms with Crippen molar-refractivity contribution < 1.29 is 0 Å². The smallest absolute Gasteiger partial charge is 0 e. The summed E-state index contributed by atoms with van der Waals surface area (Å²) in [5.74, 6) is 0. The Morgan fingerprint density at radius 2 is 1.00 bits per heavy atom. The van der Waals surface area contributed by atoms with Crippen LogP contribution in [0.1, 0.15) is 0 Å². The van der Waals surface area contributed by atoms with E-state index < -0.39 is 0 Å². The minimum Gasteiger partial charge on any atom is 0 e. The van der Waals surface area contributed by atoms with E-state index in [9.17, 15) is 0 Å². The molecule has 0 amide bonds. The van der Waals surface area contributed by atoms with Gasteiger partial charge in [0.25, 0.3) is 0 Å². The first kappa shape index (κ1) is 24.3. The quantitative estimate of drug-likeness (QED) is 0.472. The summed E-state index contributed by atoms with van der Waals surface area (Å²) < 4.78 is 0. The molecule has 0 heterocycles. The molecule has 0 unspecified atom stereocenters. The maximum Gasteiger partial charge on any atom is 0 e. The van der Waals surface area contributed by atoms with Crippen molar-refractivity contribution in [3.63, 3.8) is 0 Å². The van der Waals surface area contributed by atoms with Crippen molar-refractivity contribution >= 4 is 126 Å². The standard InChI is InChI=1S/Bi.K.Li.Na. The first-order valence-corrected chi connectivity index (χ1v) is 0. The van der Waals surface area contributed by atoms with E-state index in [1.807, 2.05) is 0 Å². The van der Waals surface area contributed by atoms with E-state index in [4.69, 9.17) is 0 Å². The van der Waals surface area contributed by atoms with E-state index in [-0.39, 0.29) is 126 Å². The molecule has 4 heteroatoms. The summed E-state index contributed by atoms with van der Waals surface area (Å²) in [6, 6.07) is 0. The average Bonchev–Trinajstić information content (AvgIpc) is 0. The Kier molecular flexibility index (Phi) is 95.3. The Labute approximate surface area is 122 Å². The van der Waals surface area contributed by atoms with Crippen LogP contribution in [0.5, 0.6) is 0 Å². The molecule has 0 spiro atoms. The molecule has 0 aliphatic carbocycles. The monoisotopic (exact) mass is 278 g/mol. The van der Waals surface area contributed by atoms with Crippen LogP contribution in [0.25, 0.3) is 0 Å². The molecular formula is BiKLiNa. The molecule has 0 aromatic heterocycles. The molecular weight excluding hydrogens is 278 g/mol. The molecule has 0 saturated heterocycles. The van der Waals surface area contributed by atoms with Crippen LogP contribution in [0.3, 0.4) is 0 Å². The molecule has 0 aliphatic heterocycles. The Balaban J connectivity index is 0. The molecule has 0 fully saturated rings. The normalized spacial score (nSPS) is 0. The predicted octanol–water partition coefficient (Wildman–Crippen LogP) is -1.52. The molecule has 0 aliphatic rings. The summed E-state index contributed by atoms with van der Waals surface area (Å²) in [5, 5.41) is 0. The predicted molar refractivity (Wildman–Crippen MR) is 23.0 cm³/mol. The molecule has 8 valence electrons. The van der Waals surface area contributed by atoms with Gasteiger partial charge in [0.2, 0.25) is 0 Å². The maximum absolute atomic E-state index is 0. The van der Waals surface area contributed by atoms with E-state index in [1.165, 1.54) is 0 Å². The van der Waals surface area contributed by atoms with Crippen LogP contribution in [-0.4, -0.2) is 126 Å². The number of hydrogen-bond acceptors (Lipinski definition) is 0. The van der Waals surface area contributed by atoms with Crippen molar-refractivity contribution in [2.75, 3.05) is 0 Å². The van der Waals surface area contributed by atoms with Gasteiger partial charge in [0.1, 0.15) is 0 Å². The SMILES string of the molecule is [Bi].[K].[Li].[Na]. The Bertz CT molecular complexity index is 8.00. The molecule has 0 nitrogen and oxygen atoms in total. The Morgan fingerprint density at radius 1 is 1.00 bits per heavy atom. The minimum absolute atomic E-state index is 0. The number of hydrogen-bond donors (Lipinski definition) is 0. The third kappa shape index (κ3) is 9.45. The average molecular weight is 278 g/mol. The van der Waals surface area contributed by atoms with Gasteiger partial charge in [-0.3, -0.25) is 0 Å². The van der Waals surface area contributed by atoms with Gasteiger partial charge in [0, 0.05) is 126 Å². The third-order valence-corrected chi connectivity index (χ3v) is 0. The summed E-state index contributed by atoms with van der Waals surface area (Å²) in [4.78, 5) is 0. The van der Waals surface area contributed by atoms with Gasteiger partial charge in [-0.1, -0.05) is 0 Å². The van der Waals surface area contributed by atoms with Crippen LogP contribution < -0.4 is 0 Å². The first-order valence-electron chi connectivity index (χ1n) is 0. The fraction of sp³-hybridized carbons (Fsp3) is 0. The molecule has 0 rings (SSSR count). The molecule has 0 N–H and O–H groups in total. The van der Waals surface area contributed by atoms with Gasteiger partial charge in [-0.2, -0.15) is 0 Å². The van der Waals surface area contributed by atoms with E-state index in [0.29, 0.717) is 0 Å². The van der Waals surface area contributed by atoms with Gasteiger partial charge in [0.15, 0.2) is 0 Å². The Hall–Kier alpha value is 4.12. The molecule has 6 radical (unpaired) electrons. The van der Waals surface area contributed by atoms with Crippen molar-refractivity contribution in [1.29, 1.82) is 0 Å². The van der Waals surface area contributed by atoms with Crippen LogP contribution in [0.4, 0.5) is 0 Å². The summed E-state index contributed by atoms with van der Waals surface area (Å²) in [5.41, 5.74) is 0. The minimum atomic E-state index is 0. The second-order valence-electron chi connectivity index (χ2n) is 0. The van der Waals surface area contributed by atoms with Crippen LogP contribution in [0, 0.1) is 0 Å². The zero-order valence-corrected chi connectivity index (χ0v) is 12.0. The molecule has 0 aromatic rings. The van der Waals surface area contributed by atoms with Crippen LogP contribution in [-0.2, 0) is 0 Å². The molecule has 4 heavy (non-hydrogen) atoms. The molecule has 0 aromatic carbocycles. The van der Waals surface area contributed by atoms with Crippen LogP contribution >= 0.6 is 0 Å². The molecule has 0 atom stereocenters. The molecule has 0 saturated carbocycles. The van der Waals surface area contributed by atoms with Gasteiger partial charge in [0.05, 0.1) is 0 Å². The van der Waals surface area contributed by atoms with E-state index in [0.717, 1.165) is 0 Å².